The van der Waals surface area contributed by atoms with Crippen molar-refractivity contribution in [2.75, 3.05) is 22.9 Å². The van der Waals surface area contributed by atoms with E-state index < -0.39 is 10.0 Å². The number of hydrogen-bond acceptors (Lipinski definition) is 10. The van der Waals surface area contributed by atoms with Crippen molar-refractivity contribution in [3.8, 4) is 11.3 Å². The summed E-state index contributed by atoms with van der Waals surface area (Å²) in [6.45, 7) is 5.99. The lowest BCUT2D eigenvalue weighted by Crippen LogP contribution is -2.27. The number of nitrogens with one attached hydrogen (secondary N) is 2. The van der Waals surface area contributed by atoms with Gasteiger partial charge in [0.2, 0.25) is 21.9 Å². The van der Waals surface area contributed by atoms with Crippen LogP contribution in [0.3, 0.4) is 0 Å². The fourth-order valence-corrected chi connectivity index (χ4v) is 4.88. The third kappa shape index (κ3) is 8.22. The normalized spacial score (nSPS) is 12.7. The van der Waals surface area contributed by atoms with E-state index in [0.717, 1.165) is 28.1 Å². The van der Waals surface area contributed by atoms with Gasteiger partial charge in [-0.15, -0.1) is 11.3 Å². The highest BCUT2D eigenvalue weighted by atomic mass is 32.2. The SMILES string of the molecule is Cc1nc(-c2ccc(CSc3nc(N[C@@H](CO)CC(C)C)nc(NS(C)(=O)=O)n3)cc2)cs1. The van der Waals surface area contributed by atoms with Crippen LogP contribution in [0, 0.1) is 12.8 Å². The topological polar surface area (TPSA) is 130 Å². The van der Waals surface area contributed by atoms with Crippen LogP contribution in [0.5, 0.6) is 0 Å². The second-order valence-electron chi connectivity index (χ2n) is 8.03. The molecule has 12 heteroatoms. The van der Waals surface area contributed by atoms with E-state index >= 15 is 0 Å². The number of benzene rings is 1. The smallest absolute Gasteiger partial charge is 0.242 e. The first-order valence-electron chi connectivity index (χ1n) is 10.4. The summed E-state index contributed by atoms with van der Waals surface area (Å²) in [6, 6.07) is 7.85. The van der Waals surface area contributed by atoms with E-state index in [9.17, 15) is 13.5 Å². The fraction of sp³-hybridized carbons (Fsp3) is 0.429. The first kappa shape index (κ1) is 25.3. The van der Waals surface area contributed by atoms with Gasteiger partial charge in [0.25, 0.3) is 0 Å². The Balaban J connectivity index is 1.75. The van der Waals surface area contributed by atoms with E-state index in [4.69, 9.17) is 0 Å². The van der Waals surface area contributed by atoms with Gasteiger partial charge < -0.3 is 10.4 Å². The maximum Gasteiger partial charge on any atom is 0.242 e. The lowest BCUT2D eigenvalue weighted by atomic mass is 10.0. The number of aromatic nitrogens is 4. The molecule has 0 unspecified atom stereocenters. The molecule has 178 valence electrons. The summed E-state index contributed by atoms with van der Waals surface area (Å²) in [5.41, 5.74) is 3.08. The van der Waals surface area contributed by atoms with Crippen molar-refractivity contribution in [3.05, 3.63) is 40.2 Å². The van der Waals surface area contributed by atoms with Crippen molar-refractivity contribution in [2.24, 2.45) is 5.92 Å². The van der Waals surface area contributed by atoms with E-state index in [1.807, 2.05) is 36.6 Å². The Morgan fingerprint density at radius 1 is 1.09 bits per heavy atom. The zero-order chi connectivity index (χ0) is 24.0. The van der Waals surface area contributed by atoms with Crippen LogP contribution in [0.15, 0.2) is 34.8 Å². The number of anilines is 2. The first-order valence-corrected chi connectivity index (χ1v) is 14.1. The number of nitrogens with zero attached hydrogens (tertiary/aromatic N) is 4. The number of aryl methyl sites for hydroxylation is 1. The van der Waals surface area contributed by atoms with Crippen molar-refractivity contribution >= 4 is 45.0 Å². The fourth-order valence-electron chi connectivity index (χ4n) is 3.04. The average molecular weight is 509 g/mol. The number of rotatable bonds is 11. The Morgan fingerprint density at radius 2 is 1.79 bits per heavy atom. The van der Waals surface area contributed by atoms with Gasteiger partial charge in [-0.1, -0.05) is 49.9 Å². The molecule has 2 heterocycles. The molecule has 0 bridgehead atoms. The van der Waals surface area contributed by atoms with Gasteiger partial charge in [0.05, 0.1) is 29.6 Å². The van der Waals surface area contributed by atoms with Gasteiger partial charge in [0, 0.05) is 16.7 Å². The molecule has 33 heavy (non-hydrogen) atoms. The molecule has 0 radical (unpaired) electrons. The molecular weight excluding hydrogens is 480 g/mol. The maximum absolute atomic E-state index is 11.7. The molecular formula is C21H28N6O3S3. The number of aliphatic hydroxyl groups excluding tert-OH is 1. The summed E-state index contributed by atoms with van der Waals surface area (Å²) < 4.78 is 25.7. The van der Waals surface area contributed by atoms with E-state index in [2.05, 4.69) is 43.8 Å². The predicted octanol–water partition coefficient (Wildman–Crippen LogP) is 3.79. The van der Waals surface area contributed by atoms with Crippen LogP contribution < -0.4 is 10.0 Å². The third-order valence-electron chi connectivity index (χ3n) is 4.44. The average Bonchev–Trinajstić information content (AvgIpc) is 3.16. The van der Waals surface area contributed by atoms with E-state index in [1.165, 1.54) is 11.8 Å². The molecule has 0 fully saturated rings. The Hall–Kier alpha value is -2.28. The Labute approximate surface area is 202 Å². The number of aliphatic hydroxyl groups is 1. The van der Waals surface area contributed by atoms with Crippen LogP contribution >= 0.6 is 23.1 Å². The monoisotopic (exact) mass is 508 g/mol. The van der Waals surface area contributed by atoms with Crippen LogP contribution in [0.4, 0.5) is 11.9 Å². The van der Waals surface area contributed by atoms with Crippen LogP contribution in [0.2, 0.25) is 0 Å². The van der Waals surface area contributed by atoms with Crippen molar-refractivity contribution in [1.29, 1.82) is 0 Å². The third-order valence-corrected chi connectivity index (χ3v) is 6.68. The molecule has 3 N–H and O–H groups in total. The van der Waals surface area contributed by atoms with Gasteiger partial charge in [-0.05, 0) is 24.8 Å². The lowest BCUT2D eigenvalue weighted by Gasteiger charge is -2.18. The second-order valence-corrected chi connectivity index (χ2v) is 11.8. The molecule has 1 aromatic carbocycles. The summed E-state index contributed by atoms with van der Waals surface area (Å²) in [5, 5.41) is 16.2. The molecule has 0 saturated carbocycles. The highest BCUT2D eigenvalue weighted by Crippen LogP contribution is 2.25. The molecule has 3 rings (SSSR count). The van der Waals surface area contributed by atoms with Gasteiger partial charge in [-0.3, -0.25) is 4.72 Å². The zero-order valence-electron chi connectivity index (χ0n) is 18.9. The van der Waals surface area contributed by atoms with Gasteiger partial charge >= 0.3 is 0 Å². The van der Waals surface area contributed by atoms with Gasteiger partial charge in [0.15, 0.2) is 5.16 Å². The van der Waals surface area contributed by atoms with Crippen LogP contribution in [0.1, 0.15) is 30.8 Å². The van der Waals surface area contributed by atoms with Gasteiger partial charge in [-0.25, -0.2) is 13.4 Å². The number of thioether (sulfide) groups is 1. The number of hydrogen-bond donors (Lipinski definition) is 3. The van der Waals surface area contributed by atoms with E-state index in [1.54, 1.807) is 11.3 Å². The van der Waals surface area contributed by atoms with Crippen molar-refractivity contribution in [2.45, 2.75) is 44.1 Å². The molecule has 0 saturated heterocycles. The molecule has 2 aromatic heterocycles. The van der Waals surface area contributed by atoms with E-state index in [0.29, 0.717) is 23.2 Å². The lowest BCUT2D eigenvalue weighted by molar-refractivity contribution is 0.259. The van der Waals surface area contributed by atoms with Crippen molar-refractivity contribution in [1.82, 2.24) is 19.9 Å². The minimum absolute atomic E-state index is 0.0620. The summed E-state index contributed by atoms with van der Waals surface area (Å²) in [4.78, 5) is 17.3. The standard InChI is InChI=1S/C21H28N6O3S3/c1-13(2)9-17(10-28)23-19-24-20(27-33(4,29)30)26-21(25-19)32-11-15-5-7-16(8-6-15)18-12-31-14(3)22-18/h5-8,12-13,17,28H,9-11H2,1-4H3,(H2,23,24,25,26,27)/t17-/m1/s1. The highest BCUT2D eigenvalue weighted by Gasteiger charge is 2.15. The van der Waals surface area contributed by atoms with Crippen molar-refractivity contribution in [3.63, 3.8) is 0 Å². The molecule has 3 aromatic rings. The zero-order valence-corrected chi connectivity index (χ0v) is 21.4. The van der Waals surface area contributed by atoms with Gasteiger partial charge in [-0.2, -0.15) is 15.0 Å². The summed E-state index contributed by atoms with van der Waals surface area (Å²) in [7, 11) is -3.55. The quantitative estimate of drug-likeness (QED) is 0.331. The Bertz CT molecular complexity index is 1170. The first-order chi connectivity index (χ1) is 15.6. The Kier molecular flexibility index (Phi) is 8.63. The molecule has 9 nitrogen and oxygen atoms in total. The van der Waals surface area contributed by atoms with Crippen LogP contribution in [0.25, 0.3) is 11.3 Å². The summed E-state index contributed by atoms with van der Waals surface area (Å²) >= 11 is 2.99. The number of sulfonamides is 1. The van der Waals surface area contributed by atoms with Crippen molar-refractivity contribution < 1.29 is 13.5 Å². The molecule has 1 atom stereocenters. The van der Waals surface area contributed by atoms with Gasteiger partial charge in [0.1, 0.15) is 0 Å². The van der Waals surface area contributed by atoms with E-state index in [-0.39, 0.29) is 24.5 Å². The molecule has 0 amide bonds. The largest absolute Gasteiger partial charge is 0.394 e. The minimum Gasteiger partial charge on any atom is -0.394 e. The summed E-state index contributed by atoms with van der Waals surface area (Å²) in [6.07, 6.45) is 1.75. The molecule has 0 spiro atoms. The minimum atomic E-state index is -3.55. The van der Waals surface area contributed by atoms with Crippen LogP contribution in [-0.4, -0.2) is 52.4 Å². The number of thiazole rings is 1. The molecule has 0 aliphatic heterocycles. The Morgan fingerprint density at radius 3 is 2.36 bits per heavy atom. The highest BCUT2D eigenvalue weighted by molar-refractivity contribution is 7.98. The summed E-state index contributed by atoms with van der Waals surface area (Å²) in [5.74, 6) is 1.10. The predicted molar refractivity (Wildman–Crippen MR) is 134 cm³/mol. The second kappa shape index (κ2) is 11.2. The van der Waals surface area contributed by atoms with Crippen LogP contribution in [-0.2, 0) is 15.8 Å². The molecule has 0 aliphatic rings. The molecule has 0 aliphatic carbocycles. The maximum atomic E-state index is 11.7.